The second kappa shape index (κ2) is 11.2. The molecule has 0 unspecified atom stereocenters. The summed E-state index contributed by atoms with van der Waals surface area (Å²) >= 11 is 0. The van der Waals surface area contributed by atoms with Crippen LogP contribution in [0.25, 0.3) is 0 Å². The Kier molecular flexibility index (Phi) is 11.9. The molecule has 0 bridgehead atoms. The van der Waals surface area contributed by atoms with E-state index < -0.39 is 0 Å². The van der Waals surface area contributed by atoms with Crippen LogP contribution in [0.2, 0.25) is 0 Å². The van der Waals surface area contributed by atoms with E-state index >= 15 is 0 Å². The van der Waals surface area contributed by atoms with E-state index in [0.717, 1.165) is 25.9 Å². The molecule has 0 atom stereocenters. The fourth-order valence-electron chi connectivity index (χ4n) is 1.36. The minimum atomic E-state index is 0.126. The molecule has 0 saturated heterocycles. The van der Waals surface area contributed by atoms with Gasteiger partial charge >= 0.3 is 0 Å². The molecule has 1 amide bonds. The Morgan fingerprint density at radius 3 is 2.18 bits per heavy atom. The van der Waals surface area contributed by atoms with Crippen LogP contribution >= 0.6 is 0 Å². The van der Waals surface area contributed by atoms with Crippen LogP contribution in [0.3, 0.4) is 0 Å². The number of rotatable bonds is 0. The molecule has 1 aliphatic rings. The normalized spacial score (nSPS) is 11.9. The summed E-state index contributed by atoms with van der Waals surface area (Å²) in [6.45, 7) is 9.74. The number of fused-ring (bicyclic) bond motifs is 1. The lowest BCUT2D eigenvalue weighted by molar-refractivity contribution is 0.0749. The van der Waals surface area contributed by atoms with Crippen LogP contribution in [0.5, 0.6) is 0 Å². The summed E-state index contributed by atoms with van der Waals surface area (Å²) in [7, 11) is 2.83. The molecule has 0 spiro atoms. The second-order valence-electron chi connectivity index (χ2n) is 2.81. The third-order valence-corrected chi connectivity index (χ3v) is 2.07. The molecule has 4 heteroatoms. The molecule has 1 aliphatic heterocycles. The minimum Gasteiger partial charge on any atom is -0.400 e. The van der Waals surface area contributed by atoms with Gasteiger partial charge in [0.25, 0.3) is 5.91 Å². The molecule has 2 heterocycles. The third kappa shape index (κ3) is 5.04. The van der Waals surface area contributed by atoms with Crippen molar-refractivity contribution in [1.29, 1.82) is 0 Å². The van der Waals surface area contributed by atoms with Gasteiger partial charge in [-0.05, 0) is 12.1 Å². The van der Waals surface area contributed by atoms with Gasteiger partial charge in [0.05, 0.1) is 0 Å². The van der Waals surface area contributed by atoms with Crippen molar-refractivity contribution in [1.82, 2.24) is 9.47 Å². The Morgan fingerprint density at radius 2 is 1.65 bits per heavy atom. The molecule has 1 N–H and O–H groups in total. The van der Waals surface area contributed by atoms with Crippen LogP contribution in [0.4, 0.5) is 0 Å². The number of hydrogen-bond acceptors (Lipinski definition) is 2. The van der Waals surface area contributed by atoms with Gasteiger partial charge in [-0.1, -0.05) is 27.7 Å². The van der Waals surface area contributed by atoms with Crippen LogP contribution in [0.15, 0.2) is 18.3 Å². The number of aromatic nitrogens is 1. The molecule has 1 aromatic heterocycles. The first-order valence-electron chi connectivity index (χ1n) is 6.14. The highest BCUT2D eigenvalue weighted by molar-refractivity contribution is 5.93. The summed E-state index contributed by atoms with van der Waals surface area (Å²) in [6.07, 6.45) is 1.94. The molecule has 17 heavy (non-hydrogen) atoms. The molecule has 1 aromatic rings. The summed E-state index contributed by atoms with van der Waals surface area (Å²) in [5.41, 5.74) is 0.804. The zero-order chi connectivity index (χ0) is 13.8. The largest absolute Gasteiger partial charge is 0.400 e. The van der Waals surface area contributed by atoms with Crippen LogP contribution in [-0.4, -0.2) is 41.2 Å². The van der Waals surface area contributed by atoms with E-state index in [9.17, 15) is 4.79 Å². The minimum absolute atomic E-state index is 0.126. The number of aliphatic hydroxyl groups excluding tert-OH is 1. The van der Waals surface area contributed by atoms with E-state index in [0.29, 0.717) is 0 Å². The second-order valence-corrected chi connectivity index (χ2v) is 2.81. The Bertz CT molecular complexity index is 295. The molecule has 0 saturated carbocycles. The lowest BCUT2D eigenvalue weighted by Gasteiger charge is -2.24. The van der Waals surface area contributed by atoms with E-state index in [4.69, 9.17) is 5.11 Å². The Morgan fingerprint density at radius 1 is 1.12 bits per heavy atom. The van der Waals surface area contributed by atoms with Crippen LogP contribution in [-0.2, 0) is 6.54 Å². The maximum absolute atomic E-state index is 11.4. The van der Waals surface area contributed by atoms with E-state index in [1.54, 1.807) is 4.90 Å². The number of carbonyl (C=O) groups excluding carboxylic acids is 1. The van der Waals surface area contributed by atoms with Crippen molar-refractivity contribution >= 4 is 5.91 Å². The predicted molar refractivity (Wildman–Crippen MR) is 72.2 cm³/mol. The highest BCUT2D eigenvalue weighted by Gasteiger charge is 2.19. The van der Waals surface area contributed by atoms with Crippen molar-refractivity contribution in [2.45, 2.75) is 34.2 Å². The van der Waals surface area contributed by atoms with Crippen LogP contribution in [0.1, 0.15) is 38.2 Å². The number of likely N-dealkylation sites (N-methyl/N-ethyl adjacent to an activating group) is 1. The first kappa shape index (κ1) is 18.1. The zero-order valence-electron chi connectivity index (χ0n) is 11.9. The Labute approximate surface area is 105 Å². The lowest BCUT2D eigenvalue weighted by atomic mass is 10.3. The van der Waals surface area contributed by atoms with Gasteiger partial charge in [0.1, 0.15) is 5.69 Å². The van der Waals surface area contributed by atoms with Crippen LogP contribution < -0.4 is 0 Å². The van der Waals surface area contributed by atoms with Gasteiger partial charge in [-0.15, -0.1) is 0 Å². The summed E-state index contributed by atoms with van der Waals surface area (Å²) < 4.78 is 1.99. The van der Waals surface area contributed by atoms with Crippen molar-refractivity contribution in [3.8, 4) is 0 Å². The molecule has 2 rings (SSSR count). The Balaban J connectivity index is 0. The van der Waals surface area contributed by atoms with Gasteiger partial charge in [-0.3, -0.25) is 4.79 Å². The molecule has 0 fully saturated rings. The zero-order valence-corrected chi connectivity index (χ0v) is 11.9. The van der Waals surface area contributed by atoms with Crippen molar-refractivity contribution < 1.29 is 9.90 Å². The molecule has 100 valence electrons. The lowest BCUT2D eigenvalue weighted by Crippen LogP contribution is -2.36. The van der Waals surface area contributed by atoms with E-state index in [2.05, 4.69) is 0 Å². The monoisotopic (exact) mass is 242 g/mol. The molecule has 0 radical (unpaired) electrons. The highest BCUT2D eigenvalue weighted by Crippen LogP contribution is 2.10. The van der Waals surface area contributed by atoms with Crippen molar-refractivity contribution in [3.63, 3.8) is 0 Å². The Hall–Kier alpha value is -1.29. The van der Waals surface area contributed by atoms with Crippen LogP contribution in [0, 0.1) is 0 Å². The number of carbonyl (C=O) groups is 1. The average molecular weight is 242 g/mol. The maximum Gasteiger partial charge on any atom is 0.270 e. The van der Waals surface area contributed by atoms with Gasteiger partial charge in [-0.2, -0.15) is 0 Å². The predicted octanol–water partition coefficient (Wildman–Crippen LogP) is 2.23. The maximum atomic E-state index is 11.4. The fourth-order valence-corrected chi connectivity index (χ4v) is 1.36. The van der Waals surface area contributed by atoms with Gasteiger partial charge < -0.3 is 14.6 Å². The number of nitrogens with zero attached hydrogens (tertiary/aromatic N) is 2. The standard InChI is InChI=1S/C8H10N2O.2C2H6.CH4O/c1-9-5-6-10-4-2-3-7(10)8(9)11;3*1-2/h2-4H,5-6H2,1H3;2*1-2H3;2H,1H3. The quantitative estimate of drug-likeness (QED) is 0.758. The molecule has 0 aliphatic carbocycles. The van der Waals surface area contributed by atoms with Gasteiger partial charge in [0.2, 0.25) is 0 Å². The molecule has 0 aromatic carbocycles. The number of amides is 1. The highest BCUT2D eigenvalue weighted by atomic mass is 16.2. The molecular weight excluding hydrogens is 216 g/mol. The molecular formula is C13H26N2O2. The number of aliphatic hydroxyl groups is 1. The van der Waals surface area contributed by atoms with Gasteiger partial charge in [0.15, 0.2) is 0 Å². The summed E-state index contributed by atoms with van der Waals surface area (Å²) in [5.74, 6) is 0.126. The summed E-state index contributed by atoms with van der Waals surface area (Å²) in [6, 6.07) is 3.77. The topological polar surface area (TPSA) is 45.5 Å². The van der Waals surface area contributed by atoms with Crippen molar-refractivity contribution in [2.75, 3.05) is 20.7 Å². The third-order valence-electron chi connectivity index (χ3n) is 2.07. The van der Waals surface area contributed by atoms with Crippen molar-refractivity contribution in [3.05, 3.63) is 24.0 Å². The fraction of sp³-hybridized carbons (Fsp3) is 0.615. The smallest absolute Gasteiger partial charge is 0.270 e. The van der Waals surface area contributed by atoms with Gasteiger partial charge in [-0.25, -0.2) is 0 Å². The van der Waals surface area contributed by atoms with E-state index in [1.165, 1.54) is 0 Å². The first-order chi connectivity index (χ1) is 8.29. The molecule has 4 nitrogen and oxygen atoms in total. The van der Waals surface area contributed by atoms with E-state index in [-0.39, 0.29) is 5.91 Å². The summed E-state index contributed by atoms with van der Waals surface area (Å²) in [4.78, 5) is 13.1. The first-order valence-corrected chi connectivity index (χ1v) is 6.14. The van der Waals surface area contributed by atoms with E-state index in [1.807, 2.05) is 57.6 Å². The van der Waals surface area contributed by atoms with Crippen molar-refractivity contribution in [2.24, 2.45) is 0 Å². The SMILES string of the molecule is CC.CC.CN1CCn2cccc2C1=O.CO. The van der Waals surface area contributed by atoms with Gasteiger partial charge in [0, 0.05) is 33.4 Å². The average Bonchev–Trinajstić information content (AvgIpc) is 2.90. The summed E-state index contributed by atoms with van der Waals surface area (Å²) in [5, 5.41) is 7.00. The number of hydrogen-bond donors (Lipinski definition) is 1.